The highest BCUT2D eigenvalue weighted by Gasteiger charge is 2.15. The number of nitrogens with zero attached hydrogens (tertiary/aromatic N) is 5. The van der Waals surface area contributed by atoms with Crippen molar-refractivity contribution in [2.75, 3.05) is 13.4 Å². The number of carbonyl (C=O) groups excluding carboxylic acids is 1. The van der Waals surface area contributed by atoms with Crippen LogP contribution in [0.5, 0.6) is 0 Å². The van der Waals surface area contributed by atoms with Gasteiger partial charge in [0.25, 0.3) is 0 Å². The lowest BCUT2D eigenvalue weighted by Gasteiger charge is -2.07. The first kappa shape index (κ1) is 15.3. The van der Waals surface area contributed by atoms with Gasteiger partial charge in [0, 0.05) is 9.79 Å². The Balaban J connectivity index is 2.30. The molecule has 0 aliphatic carbocycles. The zero-order valence-electron chi connectivity index (χ0n) is 11.3. The third-order valence-electron chi connectivity index (χ3n) is 2.53. The predicted octanol–water partition coefficient (Wildman–Crippen LogP) is 1.59. The molecule has 2 aromatic rings. The van der Waals surface area contributed by atoms with E-state index in [-0.39, 0.29) is 6.54 Å². The molecule has 0 N–H and O–H groups in total. The Morgan fingerprint density at radius 1 is 1.48 bits per heavy atom. The van der Waals surface area contributed by atoms with Crippen molar-refractivity contribution < 1.29 is 9.53 Å². The van der Waals surface area contributed by atoms with Gasteiger partial charge >= 0.3 is 5.97 Å². The molecule has 1 heterocycles. The van der Waals surface area contributed by atoms with E-state index in [9.17, 15) is 10.1 Å². The van der Waals surface area contributed by atoms with Crippen molar-refractivity contribution >= 4 is 29.5 Å². The Morgan fingerprint density at radius 2 is 2.24 bits per heavy atom. The molecule has 0 saturated heterocycles. The first-order chi connectivity index (χ1) is 10.2. The number of hydrogen-bond acceptors (Lipinski definition) is 8. The van der Waals surface area contributed by atoms with Gasteiger partial charge in [-0.2, -0.15) is 5.26 Å². The second kappa shape index (κ2) is 7.10. The van der Waals surface area contributed by atoms with Gasteiger partial charge in [-0.15, -0.1) is 16.9 Å². The number of carbonyl (C=O) groups is 1. The van der Waals surface area contributed by atoms with Crippen LogP contribution in [-0.2, 0) is 16.1 Å². The van der Waals surface area contributed by atoms with Crippen molar-refractivity contribution in [2.45, 2.75) is 21.5 Å². The summed E-state index contributed by atoms with van der Waals surface area (Å²) in [5, 5.41) is 20.9. The smallest absolute Gasteiger partial charge is 0.327 e. The Hall–Kier alpha value is -2.05. The normalized spacial score (nSPS) is 10.1. The second-order valence-electron chi connectivity index (χ2n) is 3.74. The van der Waals surface area contributed by atoms with Crippen molar-refractivity contribution in [1.82, 2.24) is 20.2 Å². The summed E-state index contributed by atoms with van der Waals surface area (Å²) < 4.78 is 5.93. The molecule has 9 heteroatoms. The monoisotopic (exact) mass is 321 g/mol. The number of methoxy groups -OCH3 is 1. The molecule has 21 heavy (non-hydrogen) atoms. The van der Waals surface area contributed by atoms with Gasteiger partial charge in [0.1, 0.15) is 12.6 Å². The minimum Gasteiger partial charge on any atom is -0.468 e. The van der Waals surface area contributed by atoms with Crippen LogP contribution in [0, 0.1) is 11.3 Å². The summed E-state index contributed by atoms with van der Waals surface area (Å²) >= 11 is 2.73. The summed E-state index contributed by atoms with van der Waals surface area (Å²) in [5.74, 6) is -0.442. The zero-order chi connectivity index (χ0) is 15.2. The zero-order valence-corrected chi connectivity index (χ0v) is 12.9. The van der Waals surface area contributed by atoms with Crippen molar-refractivity contribution in [3.63, 3.8) is 0 Å². The summed E-state index contributed by atoms with van der Waals surface area (Å²) in [6, 6.07) is 7.75. The quantitative estimate of drug-likeness (QED) is 0.605. The lowest BCUT2D eigenvalue weighted by molar-refractivity contribution is -0.141. The van der Waals surface area contributed by atoms with Crippen LogP contribution in [-0.4, -0.2) is 39.5 Å². The van der Waals surface area contributed by atoms with Crippen molar-refractivity contribution in [3.8, 4) is 6.07 Å². The molecule has 0 spiro atoms. The lowest BCUT2D eigenvalue weighted by Crippen LogP contribution is -2.13. The summed E-state index contributed by atoms with van der Waals surface area (Å²) in [5.41, 5.74) is 0.572. The number of esters is 1. The van der Waals surface area contributed by atoms with Gasteiger partial charge in [-0.05, 0) is 40.6 Å². The van der Waals surface area contributed by atoms with E-state index < -0.39 is 5.97 Å². The van der Waals surface area contributed by atoms with Crippen molar-refractivity contribution in [2.24, 2.45) is 0 Å². The van der Waals surface area contributed by atoms with E-state index in [1.807, 2.05) is 24.5 Å². The van der Waals surface area contributed by atoms with Crippen LogP contribution in [0.1, 0.15) is 5.56 Å². The lowest BCUT2D eigenvalue weighted by atomic mass is 10.2. The maximum atomic E-state index is 11.3. The number of tetrazole rings is 1. The Bertz CT molecular complexity index is 695. The molecule has 2 rings (SSSR count). The van der Waals surface area contributed by atoms with E-state index in [4.69, 9.17) is 0 Å². The van der Waals surface area contributed by atoms with E-state index in [1.54, 1.807) is 0 Å². The van der Waals surface area contributed by atoms with Crippen LogP contribution in [0.4, 0.5) is 0 Å². The third-order valence-corrected chi connectivity index (χ3v) is 4.34. The van der Waals surface area contributed by atoms with Crippen LogP contribution in [0.2, 0.25) is 0 Å². The maximum absolute atomic E-state index is 11.3. The predicted molar refractivity (Wildman–Crippen MR) is 76.9 cm³/mol. The van der Waals surface area contributed by atoms with Gasteiger partial charge in [0.05, 0.1) is 12.7 Å². The number of benzene rings is 1. The molecule has 7 nitrogen and oxygen atoms in total. The first-order valence-electron chi connectivity index (χ1n) is 5.77. The highest BCUT2D eigenvalue weighted by atomic mass is 32.2. The Labute approximate surface area is 129 Å². The van der Waals surface area contributed by atoms with Crippen LogP contribution in [0.25, 0.3) is 0 Å². The number of ether oxygens (including phenoxy) is 1. The average molecular weight is 321 g/mol. The van der Waals surface area contributed by atoms with Crippen molar-refractivity contribution in [3.05, 3.63) is 23.8 Å². The molecule has 0 amide bonds. The number of hydrogen-bond donors (Lipinski definition) is 0. The molecule has 1 aromatic carbocycles. The SMILES string of the molecule is COC(=O)Cn1nnnc1Sc1cccc(SC)c1C#N. The fourth-order valence-electron chi connectivity index (χ4n) is 1.53. The highest BCUT2D eigenvalue weighted by molar-refractivity contribution is 7.99. The molecule has 1 aromatic heterocycles. The van der Waals surface area contributed by atoms with Crippen LogP contribution in [0.3, 0.4) is 0 Å². The Kier molecular flexibility index (Phi) is 5.19. The third kappa shape index (κ3) is 3.53. The summed E-state index contributed by atoms with van der Waals surface area (Å²) in [7, 11) is 1.30. The maximum Gasteiger partial charge on any atom is 0.327 e. The van der Waals surface area contributed by atoms with Gasteiger partial charge in [-0.25, -0.2) is 4.68 Å². The fraction of sp³-hybridized carbons (Fsp3) is 0.250. The molecule has 0 radical (unpaired) electrons. The number of rotatable bonds is 5. The largest absolute Gasteiger partial charge is 0.468 e. The van der Waals surface area contributed by atoms with Crippen LogP contribution < -0.4 is 0 Å². The minimum absolute atomic E-state index is 0.0735. The Morgan fingerprint density at radius 3 is 2.90 bits per heavy atom. The second-order valence-corrected chi connectivity index (χ2v) is 5.60. The molecule has 0 saturated carbocycles. The van der Waals surface area contributed by atoms with Gasteiger partial charge in [-0.1, -0.05) is 6.07 Å². The molecule has 0 unspecified atom stereocenters. The van der Waals surface area contributed by atoms with E-state index in [0.717, 1.165) is 9.79 Å². The summed E-state index contributed by atoms with van der Waals surface area (Å²) in [6.45, 7) is -0.0735. The van der Waals surface area contributed by atoms with E-state index in [0.29, 0.717) is 10.7 Å². The molecule has 0 aliphatic rings. The molecule has 0 aliphatic heterocycles. The van der Waals surface area contributed by atoms with Crippen LogP contribution in [0.15, 0.2) is 33.1 Å². The average Bonchev–Trinajstić information content (AvgIpc) is 2.93. The van der Waals surface area contributed by atoms with Gasteiger partial charge in [0.15, 0.2) is 0 Å². The fourth-order valence-corrected chi connectivity index (χ4v) is 3.05. The topological polar surface area (TPSA) is 93.7 Å². The van der Waals surface area contributed by atoms with Gasteiger partial charge in [0.2, 0.25) is 5.16 Å². The van der Waals surface area contributed by atoms with E-state index >= 15 is 0 Å². The molecule has 0 bridgehead atoms. The van der Waals surface area contributed by atoms with Gasteiger partial charge < -0.3 is 4.74 Å². The number of aromatic nitrogens is 4. The van der Waals surface area contributed by atoms with Crippen molar-refractivity contribution in [1.29, 1.82) is 5.26 Å². The number of nitriles is 1. The molecule has 0 fully saturated rings. The summed E-state index contributed by atoms with van der Waals surface area (Å²) in [6.07, 6.45) is 1.91. The molecule has 108 valence electrons. The standard InChI is InChI=1S/C12H11N5O2S2/c1-19-11(18)7-17-12(14-15-16-17)21-10-5-3-4-9(20-2)8(10)6-13/h3-5H,7H2,1-2H3. The van der Waals surface area contributed by atoms with E-state index in [2.05, 4.69) is 26.3 Å². The first-order valence-corrected chi connectivity index (χ1v) is 7.81. The molecular weight excluding hydrogens is 310 g/mol. The van der Waals surface area contributed by atoms with Gasteiger partial charge in [-0.3, -0.25) is 4.79 Å². The van der Waals surface area contributed by atoms with Crippen LogP contribution >= 0.6 is 23.5 Å². The molecular formula is C12H11N5O2S2. The number of thioether (sulfide) groups is 1. The molecule has 0 atom stereocenters. The summed E-state index contributed by atoms with van der Waals surface area (Å²) in [4.78, 5) is 12.9. The minimum atomic E-state index is -0.442. The highest BCUT2D eigenvalue weighted by Crippen LogP contribution is 2.33. The van der Waals surface area contributed by atoms with E-state index in [1.165, 1.54) is 35.3 Å².